The molecule has 0 spiro atoms. The van der Waals surface area contributed by atoms with Gasteiger partial charge in [-0.3, -0.25) is 0 Å². The van der Waals surface area contributed by atoms with E-state index in [0.717, 1.165) is 15.7 Å². The van der Waals surface area contributed by atoms with E-state index in [1.807, 2.05) is 48.5 Å². The van der Waals surface area contributed by atoms with Crippen molar-refractivity contribution in [2.45, 2.75) is 6.54 Å². The molecule has 22 heavy (non-hydrogen) atoms. The maximum atomic E-state index is 8.78. The number of halogens is 1. The fourth-order valence-electron chi connectivity index (χ4n) is 2.09. The standard InChI is InChI=1S/C16H14BrN5/c17-15-5-7-16(8-6-15)21-11-20-22(12-21)19-10-14-3-1-13(9-18)2-4-14/h1-8,11,19H,10,12H2. The average Bonchev–Trinajstić information content (AvgIpc) is 3.03. The minimum atomic E-state index is 0.651. The number of nitrogens with zero attached hydrogens (tertiary/aromatic N) is 4. The first-order chi connectivity index (χ1) is 10.7. The second kappa shape index (κ2) is 6.60. The van der Waals surface area contributed by atoms with Crippen molar-refractivity contribution in [1.29, 1.82) is 5.26 Å². The van der Waals surface area contributed by atoms with E-state index in [-0.39, 0.29) is 0 Å². The Labute approximate surface area is 137 Å². The highest BCUT2D eigenvalue weighted by atomic mass is 79.9. The van der Waals surface area contributed by atoms with Gasteiger partial charge in [-0.15, -0.1) is 0 Å². The molecule has 1 N–H and O–H groups in total. The molecule has 0 saturated heterocycles. The van der Waals surface area contributed by atoms with Crippen LogP contribution in [0, 0.1) is 11.3 Å². The summed E-state index contributed by atoms with van der Waals surface area (Å²) in [7, 11) is 0. The Bertz CT molecular complexity index is 703. The number of rotatable bonds is 4. The molecule has 0 amide bonds. The Morgan fingerprint density at radius 1 is 1.14 bits per heavy atom. The molecule has 110 valence electrons. The predicted octanol–water partition coefficient (Wildman–Crippen LogP) is 3.05. The summed E-state index contributed by atoms with van der Waals surface area (Å²) in [5, 5.41) is 14.9. The molecule has 5 nitrogen and oxygen atoms in total. The quantitative estimate of drug-likeness (QED) is 0.915. The highest BCUT2D eigenvalue weighted by Gasteiger charge is 2.14. The highest BCUT2D eigenvalue weighted by Crippen LogP contribution is 2.19. The number of hydrogen-bond acceptors (Lipinski definition) is 5. The van der Waals surface area contributed by atoms with Crippen LogP contribution in [0.15, 0.2) is 58.1 Å². The fourth-order valence-corrected chi connectivity index (χ4v) is 2.36. The van der Waals surface area contributed by atoms with Gasteiger partial charge in [0, 0.05) is 16.7 Å². The lowest BCUT2D eigenvalue weighted by molar-refractivity contribution is 0.215. The van der Waals surface area contributed by atoms with Crippen LogP contribution in [0.1, 0.15) is 11.1 Å². The van der Waals surface area contributed by atoms with E-state index in [9.17, 15) is 0 Å². The lowest BCUT2D eigenvalue weighted by atomic mass is 10.1. The molecule has 0 radical (unpaired) electrons. The molecule has 1 aliphatic heterocycles. The molecule has 0 fully saturated rings. The molecule has 0 aliphatic carbocycles. The van der Waals surface area contributed by atoms with E-state index >= 15 is 0 Å². The van der Waals surface area contributed by atoms with Gasteiger partial charge >= 0.3 is 0 Å². The van der Waals surface area contributed by atoms with Crippen LogP contribution in [-0.2, 0) is 6.54 Å². The first-order valence-corrected chi connectivity index (χ1v) is 7.60. The van der Waals surface area contributed by atoms with Crippen molar-refractivity contribution in [1.82, 2.24) is 10.5 Å². The molecule has 0 saturated carbocycles. The Balaban J connectivity index is 1.54. The van der Waals surface area contributed by atoms with Gasteiger partial charge in [0.2, 0.25) is 0 Å². The van der Waals surface area contributed by atoms with Gasteiger partial charge in [0.1, 0.15) is 13.0 Å². The lowest BCUT2D eigenvalue weighted by Gasteiger charge is -2.19. The predicted molar refractivity (Wildman–Crippen MR) is 89.8 cm³/mol. The van der Waals surface area contributed by atoms with Crippen molar-refractivity contribution in [2.24, 2.45) is 5.10 Å². The average molecular weight is 356 g/mol. The van der Waals surface area contributed by atoms with Gasteiger partial charge in [0.15, 0.2) is 0 Å². The summed E-state index contributed by atoms with van der Waals surface area (Å²) in [6.07, 6.45) is 1.80. The maximum Gasteiger partial charge on any atom is 0.130 e. The minimum Gasteiger partial charge on any atom is -0.309 e. The Kier molecular flexibility index (Phi) is 4.37. The van der Waals surface area contributed by atoms with Crippen molar-refractivity contribution in [2.75, 3.05) is 11.6 Å². The molecule has 6 heteroatoms. The van der Waals surface area contributed by atoms with Crippen molar-refractivity contribution in [3.63, 3.8) is 0 Å². The largest absolute Gasteiger partial charge is 0.309 e. The van der Waals surface area contributed by atoms with Crippen LogP contribution in [0.3, 0.4) is 0 Å². The van der Waals surface area contributed by atoms with Gasteiger partial charge in [-0.05, 0) is 42.0 Å². The molecule has 2 aromatic rings. The maximum absolute atomic E-state index is 8.78. The van der Waals surface area contributed by atoms with Crippen molar-refractivity contribution in [3.8, 4) is 6.07 Å². The van der Waals surface area contributed by atoms with Gasteiger partial charge in [-0.25, -0.2) is 10.5 Å². The zero-order valence-corrected chi connectivity index (χ0v) is 13.4. The first-order valence-electron chi connectivity index (χ1n) is 6.81. The summed E-state index contributed by atoms with van der Waals surface area (Å²) in [6.45, 7) is 1.31. The number of nitrogens with one attached hydrogen (secondary N) is 1. The summed E-state index contributed by atoms with van der Waals surface area (Å²) >= 11 is 3.43. The smallest absolute Gasteiger partial charge is 0.130 e. The molecule has 0 bridgehead atoms. The number of anilines is 1. The van der Waals surface area contributed by atoms with E-state index < -0.39 is 0 Å². The number of benzene rings is 2. The highest BCUT2D eigenvalue weighted by molar-refractivity contribution is 9.10. The van der Waals surface area contributed by atoms with Crippen molar-refractivity contribution >= 4 is 28.0 Å². The van der Waals surface area contributed by atoms with E-state index in [1.54, 1.807) is 11.5 Å². The Hall–Kier alpha value is -2.36. The van der Waals surface area contributed by atoms with E-state index in [2.05, 4.69) is 37.4 Å². The summed E-state index contributed by atoms with van der Waals surface area (Å²) in [6, 6.07) is 17.7. The summed E-state index contributed by atoms with van der Waals surface area (Å²) in [5.41, 5.74) is 6.12. The molecule has 1 aliphatic rings. The molecule has 3 rings (SSSR count). The van der Waals surface area contributed by atoms with E-state index in [1.165, 1.54) is 0 Å². The minimum absolute atomic E-state index is 0.651. The SMILES string of the molecule is N#Cc1ccc(CNN2CN(c3ccc(Br)cc3)C=N2)cc1. The third-order valence-corrected chi connectivity index (χ3v) is 3.85. The van der Waals surface area contributed by atoms with Gasteiger partial charge in [0.25, 0.3) is 0 Å². The van der Waals surface area contributed by atoms with Crippen LogP contribution in [-0.4, -0.2) is 18.1 Å². The molecular formula is C16H14BrN5. The second-order valence-electron chi connectivity index (χ2n) is 4.86. The molecule has 2 aromatic carbocycles. The normalized spacial score (nSPS) is 13.5. The zero-order valence-electron chi connectivity index (χ0n) is 11.8. The molecule has 0 unspecified atom stereocenters. The van der Waals surface area contributed by atoms with Crippen LogP contribution in [0.4, 0.5) is 5.69 Å². The van der Waals surface area contributed by atoms with Crippen LogP contribution in [0.5, 0.6) is 0 Å². The van der Waals surface area contributed by atoms with Gasteiger partial charge < -0.3 is 4.90 Å². The first kappa shape index (κ1) is 14.6. The van der Waals surface area contributed by atoms with Gasteiger partial charge in [-0.1, -0.05) is 28.1 Å². The summed E-state index contributed by atoms with van der Waals surface area (Å²) in [4.78, 5) is 2.05. The van der Waals surface area contributed by atoms with Crippen LogP contribution >= 0.6 is 15.9 Å². The molecular weight excluding hydrogens is 342 g/mol. The monoisotopic (exact) mass is 355 g/mol. The second-order valence-corrected chi connectivity index (χ2v) is 5.78. The van der Waals surface area contributed by atoms with Crippen molar-refractivity contribution in [3.05, 3.63) is 64.1 Å². The number of hydrazone groups is 1. The van der Waals surface area contributed by atoms with Gasteiger partial charge in [-0.2, -0.15) is 10.4 Å². The topological polar surface area (TPSA) is 54.7 Å². The zero-order chi connectivity index (χ0) is 15.4. The summed E-state index contributed by atoms with van der Waals surface area (Å²) in [5.74, 6) is 0. The number of nitriles is 1. The van der Waals surface area contributed by atoms with Crippen LogP contribution in [0.25, 0.3) is 0 Å². The summed E-state index contributed by atoms with van der Waals surface area (Å²) < 4.78 is 1.06. The third-order valence-electron chi connectivity index (χ3n) is 3.32. The van der Waals surface area contributed by atoms with Crippen LogP contribution < -0.4 is 10.3 Å². The Morgan fingerprint density at radius 2 is 1.86 bits per heavy atom. The van der Waals surface area contributed by atoms with E-state index in [0.29, 0.717) is 18.8 Å². The lowest BCUT2D eigenvalue weighted by Crippen LogP contribution is -2.36. The molecule has 1 heterocycles. The number of hydrogen-bond donors (Lipinski definition) is 1. The van der Waals surface area contributed by atoms with Crippen LogP contribution in [0.2, 0.25) is 0 Å². The molecule has 0 atom stereocenters. The van der Waals surface area contributed by atoms with Crippen molar-refractivity contribution < 1.29 is 0 Å². The van der Waals surface area contributed by atoms with E-state index in [4.69, 9.17) is 5.26 Å². The number of hydrazine groups is 1. The van der Waals surface area contributed by atoms with Gasteiger partial charge in [0.05, 0.1) is 11.6 Å². The third kappa shape index (κ3) is 3.45. The Morgan fingerprint density at radius 3 is 2.55 bits per heavy atom. The fraction of sp³-hybridized carbons (Fsp3) is 0.125. The molecule has 0 aromatic heterocycles.